The van der Waals surface area contributed by atoms with E-state index in [2.05, 4.69) is 5.32 Å². The van der Waals surface area contributed by atoms with Gasteiger partial charge in [-0.15, -0.1) is 0 Å². The Kier molecular flexibility index (Phi) is 4.27. The molecule has 132 valence electrons. The van der Waals surface area contributed by atoms with Crippen LogP contribution in [0, 0.1) is 0 Å². The van der Waals surface area contributed by atoms with Gasteiger partial charge in [0.25, 0.3) is 0 Å². The van der Waals surface area contributed by atoms with Gasteiger partial charge in [0.15, 0.2) is 21.3 Å². The second-order valence-electron chi connectivity index (χ2n) is 6.02. The van der Waals surface area contributed by atoms with Crippen molar-refractivity contribution in [2.45, 2.75) is 17.4 Å². The quantitative estimate of drug-likeness (QED) is 0.824. The van der Waals surface area contributed by atoms with Gasteiger partial charge in [-0.2, -0.15) is 0 Å². The Hall–Kier alpha value is -2.25. The fourth-order valence-corrected chi connectivity index (χ4v) is 4.79. The standard InChI is InChI=1S/C18H19NO5S/c20-25(21)10-7-15(14-3-1-2-4-18(14)25)19-8-9-22-13-5-6-16-17(11-13)24-12-23-16/h1-6,11,15,19H,7-10,12H2/t15-/m0/s1. The van der Waals surface area contributed by atoms with Crippen LogP contribution in [0.3, 0.4) is 0 Å². The zero-order chi connectivity index (χ0) is 17.3. The van der Waals surface area contributed by atoms with E-state index in [0.29, 0.717) is 30.2 Å². The van der Waals surface area contributed by atoms with Crippen molar-refractivity contribution in [3.05, 3.63) is 48.0 Å². The predicted molar refractivity (Wildman–Crippen MR) is 91.9 cm³/mol. The molecule has 0 saturated carbocycles. The molecule has 0 saturated heterocycles. The Morgan fingerprint density at radius 3 is 2.88 bits per heavy atom. The maximum atomic E-state index is 12.2. The van der Waals surface area contributed by atoms with Gasteiger partial charge in [0.1, 0.15) is 12.4 Å². The van der Waals surface area contributed by atoms with Crippen LogP contribution < -0.4 is 19.5 Å². The van der Waals surface area contributed by atoms with Gasteiger partial charge >= 0.3 is 0 Å². The molecular formula is C18H19NO5S. The van der Waals surface area contributed by atoms with Crippen LogP contribution in [0.2, 0.25) is 0 Å². The largest absolute Gasteiger partial charge is 0.492 e. The SMILES string of the molecule is O=S1(=O)CC[C@H](NCCOc2ccc3c(c2)OCO3)c2ccccc21. The molecule has 2 aromatic carbocycles. The third-order valence-electron chi connectivity index (χ3n) is 4.41. The predicted octanol–water partition coefficient (Wildman–Crippen LogP) is 2.30. The third-order valence-corrected chi connectivity index (χ3v) is 6.23. The number of benzene rings is 2. The van der Waals surface area contributed by atoms with Crippen molar-refractivity contribution in [2.24, 2.45) is 0 Å². The lowest BCUT2D eigenvalue weighted by Crippen LogP contribution is -2.32. The highest BCUT2D eigenvalue weighted by Gasteiger charge is 2.29. The Morgan fingerprint density at radius 1 is 1.12 bits per heavy atom. The molecule has 4 rings (SSSR count). The first-order valence-corrected chi connectivity index (χ1v) is 9.86. The highest BCUT2D eigenvalue weighted by Crippen LogP contribution is 2.35. The Labute approximate surface area is 146 Å². The van der Waals surface area contributed by atoms with Gasteiger partial charge in [0, 0.05) is 18.7 Å². The zero-order valence-corrected chi connectivity index (χ0v) is 14.4. The molecule has 2 aromatic rings. The second-order valence-corrected chi connectivity index (χ2v) is 8.09. The first-order valence-electron chi connectivity index (χ1n) is 8.21. The molecule has 0 radical (unpaired) electrons. The Bertz CT molecular complexity index is 881. The molecule has 0 aliphatic carbocycles. The minimum atomic E-state index is -3.15. The molecule has 1 N–H and O–H groups in total. The molecule has 2 heterocycles. The molecule has 25 heavy (non-hydrogen) atoms. The van der Waals surface area contributed by atoms with E-state index in [1.165, 1.54) is 0 Å². The van der Waals surface area contributed by atoms with Crippen LogP contribution in [-0.2, 0) is 9.84 Å². The monoisotopic (exact) mass is 361 g/mol. The normalized spacial score (nSPS) is 20.1. The third kappa shape index (κ3) is 3.29. The van der Waals surface area contributed by atoms with Crippen molar-refractivity contribution in [2.75, 3.05) is 25.7 Å². The van der Waals surface area contributed by atoms with Crippen molar-refractivity contribution in [1.82, 2.24) is 5.32 Å². The molecule has 0 bridgehead atoms. The maximum Gasteiger partial charge on any atom is 0.231 e. The molecule has 7 heteroatoms. The summed E-state index contributed by atoms with van der Waals surface area (Å²) >= 11 is 0. The van der Waals surface area contributed by atoms with E-state index in [1.54, 1.807) is 12.1 Å². The number of ether oxygens (including phenoxy) is 3. The van der Waals surface area contributed by atoms with Gasteiger partial charge in [0.2, 0.25) is 6.79 Å². The van der Waals surface area contributed by atoms with Crippen LogP contribution in [0.1, 0.15) is 18.0 Å². The fraction of sp³-hybridized carbons (Fsp3) is 0.333. The van der Waals surface area contributed by atoms with E-state index in [9.17, 15) is 8.42 Å². The number of fused-ring (bicyclic) bond motifs is 2. The van der Waals surface area contributed by atoms with Crippen LogP contribution in [0.15, 0.2) is 47.4 Å². The topological polar surface area (TPSA) is 73.9 Å². The lowest BCUT2D eigenvalue weighted by Gasteiger charge is -2.26. The van der Waals surface area contributed by atoms with Gasteiger partial charge in [0.05, 0.1) is 10.6 Å². The lowest BCUT2D eigenvalue weighted by molar-refractivity contribution is 0.173. The molecule has 0 aromatic heterocycles. The number of nitrogens with one attached hydrogen (secondary N) is 1. The average Bonchev–Trinajstić information content (AvgIpc) is 3.08. The summed E-state index contributed by atoms with van der Waals surface area (Å²) < 4.78 is 40.6. The van der Waals surface area contributed by atoms with E-state index in [0.717, 1.165) is 17.1 Å². The van der Waals surface area contributed by atoms with Crippen molar-refractivity contribution in [3.8, 4) is 17.2 Å². The number of sulfone groups is 1. The molecule has 2 aliphatic rings. The van der Waals surface area contributed by atoms with Gasteiger partial charge in [-0.05, 0) is 30.2 Å². The van der Waals surface area contributed by atoms with Gasteiger partial charge in [-0.1, -0.05) is 18.2 Å². The van der Waals surface area contributed by atoms with Crippen LogP contribution in [0.5, 0.6) is 17.2 Å². The van der Waals surface area contributed by atoms with E-state index in [-0.39, 0.29) is 18.6 Å². The number of hydrogen-bond acceptors (Lipinski definition) is 6. The summed E-state index contributed by atoms with van der Waals surface area (Å²) in [6.07, 6.45) is 0.573. The van der Waals surface area contributed by atoms with E-state index >= 15 is 0 Å². The maximum absolute atomic E-state index is 12.2. The second kappa shape index (κ2) is 6.57. The van der Waals surface area contributed by atoms with Crippen LogP contribution in [0.25, 0.3) is 0 Å². The molecule has 0 fully saturated rings. The smallest absolute Gasteiger partial charge is 0.231 e. The summed E-state index contributed by atoms with van der Waals surface area (Å²) in [6, 6.07) is 12.7. The van der Waals surface area contributed by atoms with E-state index in [1.807, 2.05) is 30.3 Å². The average molecular weight is 361 g/mol. The molecule has 6 nitrogen and oxygen atoms in total. The van der Waals surface area contributed by atoms with Crippen molar-refractivity contribution < 1.29 is 22.6 Å². The van der Waals surface area contributed by atoms with Crippen molar-refractivity contribution in [3.63, 3.8) is 0 Å². The summed E-state index contributed by atoms with van der Waals surface area (Å²) in [6.45, 7) is 1.34. The molecule has 1 atom stereocenters. The lowest BCUT2D eigenvalue weighted by atomic mass is 10.0. The Balaban J connectivity index is 1.35. The summed E-state index contributed by atoms with van der Waals surface area (Å²) in [4.78, 5) is 0.440. The molecular weight excluding hydrogens is 342 g/mol. The minimum Gasteiger partial charge on any atom is -0.492 e. The van der Waals surface area contributed by atoms with Gasteiger partial charge < -0.3 is 19.5 Å². The van der Waals surface area contributed by atoms with Gasteiger partial charge in [-0.25, -0.2) is 8.42 Å². The number of rotatable bonds is 5. The molecule has 0 amide bonds. The first-order chi connectivity index (χ1) is 12.1. The summed E-state index contributed by atoms with van der Waals surface area (Å²) in [7, 11) is -3.15. The van der Waals surface area contributed by atoms with E-state index in [4.69, 9.17) is 14.2 Å². The molecule has 0 spiro atoms. The van der Waals surface area contributed by atoms with E-state index < -0.39 is 9.84 Å². The van der Waals surface area contributed by atoms with Gasteiger partial charge in [-0.3, -0.25) is 0 Å². The van der Waals surface area contributed by atoms with Crippen molar-refractivity contribution >= 4 is 9.84 Å². The van der Waals surface area contributed by atoms with Crippen molar-refractivity contribution in [1.29, 1.82) is 0 Å². The van der Waals surface area contributed by atoms with Crippen LogP contribution >= 0.6 is 0 Å². The van der Waals surface area contributed by atoms with Crippen LogP contribution in [-0.4, -0.2) is 34.1 Å². The summed E-state index contributed by atoms with van der Waals surface area (Å²) in [5, 5.41) is 3.39. The summed E-state index contributed by atoms with van der Waals surface area (Å²) in [5.74, 6) is 2.31. The minimum absolute atomic E-state index is 0.0279. The fourth-order valence-electron chi connectivity index (χ4n) is 3.17. The van der Waals surface area contributed by atoms with Crippen LogP contribution in [0.4, 0.5) is 0 Å². The highest BCUT2D eigenvalue weighted by molar-refractivity contribution is 7.91. The molecule has 2 aliphatic heterocycles. The Morgan fingerprint density at radius 2 is 1.96 bits per heavy atom. The zero-order valence-electron chi connectivity index (χ0n) is 13.6. The molecule has 0 unspecified atom stereocenters. The summed E-state index contributed by atoms with van der Waals surface area (Å²) in [5.41, 5.74) is 0.844. The number of hydrogen-bond donors (Lipinski definition) is 1. The first kappa shape index (κ1) is 16.2. The highest BCUT2D eigenvalue weighted by atomic mass is 32.2.